The Labute approximate surface area is 169 Å². The van der Waals surface area contributed by atoms with Crippen molar-refractivity contribution in [3.8, 4) is 0 Å². The van der Waals surface area contributed by atoms with Crippen molar-refractivity contribution < 1.29 is 23.6 Å². The molecule has 0 amide bonds. The zero-order valence-electron chi connectivity index (χ0n) is 17.7. The number of nitrogens with two attached hydrogens (primary N) is 2. The third kappa shape index (κ3) is 13.2. The van der Waals surface area contributed by atoms with E-state index in [0.717, 1.165) is 12.8 Å². The third-order valence-electron chi connectivity index (χ3n) is 3.78. The van der Waals surface area contributed by atoms with Crippen LogP contribution in [0.2, 0.25) is 0 Å². The van der Waals surface area contributed by atoms with Crippen LogP contribution in [0.3, 0.4) is 0 Å². The van der Waals surface area contributed by atoms with Gasteiger partial charge in [-0.2, -0.15) is 0 Å². The van der Waals surface area contributed by atoms with Gasteiger partial charge in [0.05, 0.1) is 12.2 Å². The van der Waals surface area contributed by atoms with Crippen LogP contribution in [-0.4, -0.2) is 49.3 Å². The number of hydrogen-bond acceptors (Lipinski definition) is 7. The van der Waals surface area contributed by atoms with E-state index in [1.165, 1.54) is 0 Å². The fraction of sp³-hybridized carbons (Fsp3) is 0.889. The highest BCUT2D eigenvalue weighted by Crippen LogP contribution is 2.18. The number of rotatable bonds is 16. The molecule has 0 aromatic heterocycles. The highest BCUT2D eigenvalue weighted by atomic mass is 31.1. The summed E-state index contributed by atoms with van der Waals surface area (Å²) < 4.78 is 23.1. The molecule has 0 saturated carbocycles. The van der Waals surface area contributed by atoms with Crippen LogP contribution in [-0.2, 0) is 23.6 Å². The molecule has 0 aliphatic rings. The molecule has 0 fully saturated rings. The van der Waals surface area contributed by atoms with E-state index in [0.29, 0.717) is 38.8 Å². The van der Waals surface area contributed by atoms with Crippen LogP contribution in [0.5, 0.6) is 0 Å². The van der Waals surface area contributed by atoms with Gasteiger partial charge in [-0.25, -0.2) is 10.2 Å². The zero-order valence-corrected chi connectivity index (χ0v) is 18.7. The van der Waals surface area contributed by atoms with Crippen molar-refractivity contribution in [1.29, 1.82) is 0 Å². The Hall–Kier alpha value is -0.990. The number of unbranched alkanes of at least 4 members (excludes halogenated alkanes) is 2. The molecule has 166 valence electrons. The maximum absolute atomic E-state index is 12.6. The lowest BCUT2D eigenvalue weighted by molar-refractivity contribution is -0.150. The third-order valence-corrected chi connectivity index (χ3v) is 5.00. The first-order valence-corrected chi connectivity index (χ1v) is 11.5. The van der Waals surface area contributed by atoms with E-state index in [2.05, 4.69) is 10.2 Å². The van der Waals surface area contributed by atoms with E-state index < -0.39 is 32.1 Å². The minimum Gasteiger partial charge on any atom is -0.462 e. The number of esters is 2. The van der Waals surface area contributed by atoms with Gasteiger partial charge in [-0.05, 0) is 66.5 Å². The molecule has 0 aliphatic heterocycles. The van der Waals surface area contributed by atoms with Gasteiger partial charge in [0.1, 0.15) is 12.1 Å². The molecule has 2 atom stereocenters. The van der Waals surface area contributed by atoms with Gasteiger partial charge < -0.3 is 20.9 Å². The quantitative estimate of drug-likeness (QED) is 0.165. The second-order valence-electron chi connectivity index (χ2n) is 7.26. The minimum absolute atomic E-state index is 0.272. The van der Waals surface area contributed by atoms with Crippen molar-refractivity contribution in [1.82, 2.24) is 10.2 Å². The molecule has 28 heavy (non-hydrogen) atoms. The molecule has 6 N–H and O–H groups in total. The summed E-state index contributed by atoms with van der Waals surface area (Å²) in [5, 5.41) is 5.59. The summed E-state index contributed by atoms with van der Waals surface area (Å²) >= 11 is 0. The molecule has 0 spiro atoms. The zero-order chi connectivity index (χ0) is 21.5. The molecule has 9 nitrogen and oxygen atoms in total. The standard InChI is InChI=1S/C18H39N4O5P/c1-13(2)26-17(23)15(9-5-7-11-19)21-28(25)22-16(10-6-8-12-20)18(24)27-14(3)4/h13-16,28H,5-12,19-20H2,1-4H3,(H2,21,22,25). The molecule has 0 aromatic rings. The number of carbonyl (C=O) groups is 2. The van der Waals surface area contributed by atoms with Gasteiger partial charge in [0.15, 0.2) is 0 Å². The average molecular weight is 423 g/mol. The monoisotopic (exact) mass is 422 g/mol. The van der Waals surface area contributed by atoms with Crippen molar-refractivity contribution >= 4 is 20.0 Å². The molecular weight excluding hydrogens is 383 g/mol. The lowest BCUT2D eigenvalue weighted by atomic mass is 10.1. The van der Waals surface area contributed by atoms with Crippen LogP contribution in [0.15, 0.2) is 0 Å². The lowest BCUT2D eigenvalue weighted by Gasteiger charge is -2.22. The van der Waals surface area contributed by atoms with E-state index in [1.54, 1.807) is 27.7 Å². The van der Waals surface area contributed by atoms with E-state index in [4.69, 9.17) is 20.9 Å². The molecule has 0 bridgehead atoms. The van der Waals surface area contributed by atoms with Gasteiger partial charge >= 0.3 is 11.9 Å². The molecule has 0 saturated heterocycles. The van der Waals surface area contributed by atoms with E-state index >= 15 is 0 Å². The predicted octanol–water partition coefficient (Wildman–Crippen LogP) is 1.45. The Morgan fingerprint density at radius 3 is 1.43 bits per heavy atom. The van der Waals surface area contributed by atoms with Crippen molar-refractivity contribution in [2.24, 2.45) is 11.5 Å². The maximum Gasteiger partial charge on any atom is 0.323 e. The van der Waals surface area contributed by atoms with Crippen LogP contribution >= 0.6 is 8.10 Å². The van der Waals surface area contributed by atoms with Crippen LogP contribution in [0.4, 0.5) is 0 Å². The molecule has 0 radical (unpaired) electrons. The van der Waals surface area contributed by atoms with Crippen molar-refractivity contribution in [2.45, 2.75) is 90.5 Å². The number of hydrogen-bond donors (Lipinski definition) is 4. The number of ether oxygens (including phenoxy) is 2. The molecular formula is C18H39N4O5P. The highest BCUT2D eigenvalue weighted by molar-refractivity contribution is 7.40. The molecule has 0 aliphatic carbocycles. The van der Waals surface area contributed by atoms with E-state index in [1.807, 2.05) is 0 Å². The number of carbonyl (C=O) groups excluding carboxylic acids is 2. The Kier molecular flexibility index (Phi) is 15.3. The van der Waals surface area contributed by atoms with Crippen LogP contribution in [0, 0.1) is 0 Å². The summed E-state index contributed by atoms with van der Waals surface area (Å²) in [7, 11) is -2.63. The summed E-state index contributed by atoms with van der Waals surface area (Å²) in [6.45, 7) is 8.06. The Balaban J connectivity index is 4.94. The normalized spacial score (nSPS) is 14.7. The second kappa shape index (κ2) is 15.9. The fourth-order valence-corrected chi connectivity index (χ4v) is 3.71. The van der Waals surface area contributed by atoms with E-state index in [9.17, 15) is 14.2 Å². The summed E-state index contributed by atoms with van der Waals surface area (Å²) in [5.41, 5.74) is 11.0. The predicted molar refractivity (Wildman–Crippen MR) is 111 cm³/mol. The summed E-state index contributed by atoms with van der Waals surface area (Å²) in [5.74, 6) is -0.923. The Bertz CT molecular complexity index is 437. The van der Waals surface area contributed by atoms with Crippen LogP contribution in [0.25, 0.3) is 0 Å². The number of nitrogens with one attached hydrogen (secondary N) is 2. The first-order chi connectivity index (χ1) is 13.2. The van der Waals surface area contributed by atoms with Crippen LogP contribution < -0.4 is 21.6 Å². The fourth-order valence-electron chi connectivity index (χ4n) is 2.47. The van der Waals surface area contributed by atoms with E-state index in [-0.39, 0.29) is 12.2 Å². The smallest absolute Gasteiger partial charge is 0.323 e. The molecule has 0 heterocycles. The maximum atomic E-state index is 12.6. The first kappa shape index (κ1) is 27.0. The van der Waals surface area contributed by atoms with Crippen LogP contribution in [0.1, 0.15) is 66.2 Å². The SMILES string of the molecule is CC(C)OC(=O)C(CCCCN)N[PH](=O)NC(CCCCN)C(=O)OC(C)C. The Morgan fingerprint density at radius 1 is 0.786 bits per heavy atom. The summed E-state index contributed by atoms with van der Waals surface area (Å²) in [6.07, 6.45) is 3.27. The van der Waals surface area contributed by atoms with Gasteiger partial charge in [0, 0.05) is 0 Å². The van der Waals surface area contributed by atoms with Gasteiger partial charge in [-0.15, -0.1) is 0 Å². The van der Waals surface area contributed by atoms with Crippen molar-refractivity contribution in [2.75, 3.05) is 13.1 Å². The van der Waals surface area contributed by atoms with Gasteiger partial charge in [-0.1, -0.05) is 12.8 Å². The van der Waals surface area contributed by atoms with Crippen molar-refractivity contribution in [3.05, 3.63) is 0 Å². The van der Waals surface area contributed by atoms with Gasteiger partial charge in [0.25, 0.3) is 0 Å². The van der Waals surface area contributed by atoms with Gasteiger partial charge in [0.2, 0.25) is 8.10 Å². The molecule has 2 unspecified atom stereocenters. The topological polar surface area (TPSA) is 146 Å². The highest BCUT2D eigenvalue weighted by Gasteiger charge is 2.26. The molecule has 10 heteroatoms. The summed E-state index contributed by atoms with van der Waals surface area (Å²) in [6, 6.07) is -1.45. The molecule has 0 aromatic carbocycles. The minimum atomic E-state index is -2.63. The van der Waals surface area contributed by atoms with Gasteiger partial charge in [-0.3, -0.25) is 14.2 Å². The average Bonchev–Trinajstić information content (AvgIpc) is 2.59. The second-order valence-corrected chi connectivity index (χ2v) is 8.50. The summed E-state index contributed by atoms with van der Waals surface area (Å²) in [4.78, 5) is 24.6. The molecule has 0 rings (SSSR count). The van der Waals surface area contributed by atoms with Crippen molar-refractivity contribution in [3.63, 3.8) is 0 Å². The largest absolute Gasteiger partial charge is 0.462 e. The first-order valence-electron chi connectivity index (χ1n) is 10.1. The Morgan fingerprint density at radius 2 is 1.14 bits per heavy atom. The lowest BCUT2D eigenvalue weighted by Crippen LogP contribution is -2.41.